The predicted molar refractivity (Wildman–Crippen MR) is 55.9 cm³/mol. The summed E-state index contributed by atoms with van der Waals surface area (Å²) in [5.74, 6) is 0.415. The first kappa shape index (κ1) is 11.0. The Morgan fingerprint density at radius 2 is 1.64 bits per heavy atom. The average molecular weight is 195 g/mol. The Kier molecular flexibility index (Phi) is 3.49. The molecule has 3 heteroatoms. The lowest BCUT2D eigenvalue weighted by molar-refractivity contribution is 0.125. The Morgan fingerprint density at radius 1 is 1.14 bits per heavy atom. The van der Waals surface area contributed by atoms with Gasteiger partial charge in [-0.3, -0.25) is 0 Å². The van der Waals surface area contributed by atoms with Gasteiger partial charge in [0.2, 0.25) is 0 Å². The summed E-state index contributed by atoms with van der Waals surface area (Å²) in [4.78, 5) is 0. The molecule has 1 rings (SSSR count). The van der Waals surface area contributed by atoms with Crippen LogP contribution < -0.4 is 5.73 Å². The van der Waals surface area contributed by atoms with Crippen LogP contribution in [0.5, 0.6) is 5.75 Å². The van der Waals surface area contributed by atoms with Gasteiger partial charge in [0.05, 0.1) is 6.10 Å². The van der Waals surface area contributed by atoms with E-state index in [2.05, 4.69) is 0 Å². The number of hydrogen-bond donors (Lipinski definition) is 3. The third kappa shape index (κ3) is 2.47. The third-order valence-corrected chi connectivity index (χ3v) is 2.37. The van der Waals surface area contributed by atoms with Crippen molar-refractivity contribution in [3.63, 3.8) is 0 Å². The van der Waals surface area contributed by atoms with Crippen molar-refractivity contribution in [2.45, 2.75) is 26.0 Å². The molecule has 0 saturated carbocycles. The highest BCUT2D eigenvalue weighted by atomic mass is 16.3. The van der Waals surface area contributed by atoms with Crippen LogP contribution in [-0.4, -0.2) is 16.3 Å². The van der Waals surface area contributed by atoms with E-state index in [0.717, 1.165) is 5.56 Å². The zero-order chi connectivity index (χ0) is 10.7. The fourth-order valence-corrected chi connectivity index (χ4v) is 1.26. The smallest absolute Gasteiger partial charge is 0.115 e. The largest absolute Gasteiger partial charge is 0.508 e. The molecule has 0 radical (unpaired) electrons. The first-order chi connectivity index (χ1) is 6.52. The molecule has 0 saturated heterocycles. The number of benzene rings is 1. The number of nitrogens with two attached hydrogens (primary N) is 1. The van der Waals surface area contributed by atoms with Crippen LogP contribution in [0.15, 0.2) is 24.3 Å². The number of aliphatic hydroxyl groups excluding tert-OH is 1. The molecule has 2 atom stereocenters. The van der Waals surface area contributed by atoms with Gasteiger partial charge in [-0.15, -0.1) is 0 Å². The van der Waals surface area contributed by atoms with Gasteiger partial charge in [-0.2, -0.15) is 0 Å². The van der Waals surface area contributed by atoms with Gasteiger partial charge in [-0.1, -0.05) is 26.0 Å². The van der Waals surface area contributed by atoms with Crippen LogP contribution in [-0.2, 0) is 0 Å². The van der Waals surface area contributed by atoms with E-state index >= 15 is 0 Å². The van der Waals surface area contributed by atoms with E-state index in [9.17, 15) is 5.11 Å². The van der Waals surface area contributed by atoms with Crippen LogP contribution >= 0.6 is 0 Å². The molecule has 14 heavy (non-hydrogen) atoms. The highest BCUT2D eigenvalue weighted by Crippen LogP contribution is 2.21. The standard InChI is InChI=1S/C11H17NO2/c1-7(2)10(12)11(14)8-3-5-9(13)6-4-8/h3-7,10-11,13-14H,12H2,1-2H3/t10-,11+/m1/s1. The second kappa shape index (κ2) is 4.44. The highest BCUT2D eigenvalue weighted by molar-refractivity contribution is 5.27. The summed E-state index contributed by atoms with van der Waals surface area (Å²) in [6, 6.07) is 6.18. The number of phenolic OH excluding ortho intramolecular Hbond substituents is 1. The summed E-state index contributed by atoms with van der Waals surface area (Å²) >= 11 is 0. The molecule has 3 nitrogen and oxygen atoms in total. The zero-order valence-electron chi connectivity index (χ0n) is 8.51. The zero-order valence-corrected chi connectivity index (χ0v) is 8.51. The van der Waals surface area contributed by atoms with Gasteiger partial charge in [-0.05, 0) is 23.6 Å². The molecule has 0 aliphatic carbocycles. The van der Waals surface area contributed by atoms with E-state index < -0.39 is 6.10 Å². The van der Waals surface area contributed by atoms with Crippen LogP contribution in [0.2, 0.25) is 0 Å². The van der Waals surface area contributed by atoms with E-state index in [1.165, 1.54) is 0 Å². The Morgan fingerprint density at radius 3 is 2.07 bits per heavy atom. The summed E-state index contributed by atoms with van der Waals surface area (Å²) in [5, 5.41) is 18.9. The summed E-state index contributed by atoms with van der Waals surface area (Å²) < 4.78 is 0. The normalized spacial score (nSPS) is 15.5. The minimum Gasteiger partial charge on any atom is -0.508 e. The quantitative estimate of drug-likeness (QED) is 0.683. The summed E-state index contributed by atoms with van der Waals surface area (Å²) in [7, 11) is 0. The molecular formula is C11H17NO2. The molecule has 1 aromatic carbocycles. The maximum Gasteiger partial charge on any atom is 0.115 e. The highest BCUT2D eigenvalue weighted by Gasteiger charge is 2.19. The Bertz CT molecular complexity index is 282. The van der Waals surface area contributed by atoms with Gasteiger partial charge in [0.1, 0.15) is 5.75 Å². The van der Waals surface area contributed by atoms with Gasteiger partial charge in [-0.25, -0.2) is 0 Å². The lowest BCUT2D eigenvalue weighted by Gasteiger charge is -2.22. The summed E-state index contributed by atoms with van der Waals surface area (Å²) in [5.41, 5.74) is 6.56. The van der Waals surface area contributed by atoms with E-state index in [1.54, 1.807) is 24.3 Å². The molecule has 1 aromatic rings. The molecule has 0 spiro atoms. The Hall–Kier alpha value is -1.06. The van der Waals surface area contributed by atoms with E-state index in [4.69, 9.17) is 10.8 Å². The van der Waals surface area contributed by atoms with Crippen molar-refractivity contribution >= 4 is 0 Å². The van der Waals surface area contributed by atoms with E-state index in [1.807, 2.05) is 13.8 Å². The lowest BCUT2D eigenvalue weighted by Crippen LogP contribution is -2.33. The fraction of sp³-hybridized carbons (Fsp3) is 0.455. The van der Waals surface area contributed by atoms with Crippen LogP contribution in [0.25, 0.3) is 0 Å². The maximum absolute atomic E-state index is 9.84. The average Bonchev–Trinajstić information content (AvgIpc) is 2.16. The molecule has 0 aliphatic heterocycles. The molecule has 0 aromatic heterocycles. The molecule has 0 heterocycles. The van der Waals surface area contributed by atoms with Gasteiger partial charge < -0.3 is 15.9 Å². The van der Waals surface area contributed by atoms with Gasteiger partial charge in [0.15, 0.2) is 0 Å². The molecule has 78 valence electrons. The summed E-state index contributed by atoms with van der Waals surface area (Å²) in [6.45, 7) is 3.93. The maximum atomic E-state index is 9.84. The Balaban J connectivity index is 2.78. The minimum atomic E-state index is -0.671. The van der Waals surface area contributed by atoms with E-state index in [-0.39, 0.29) is 17.7 Å². The molecule has 0 bridgehead atoms. The van der Waals surface area contributed by atoms with Crippen LogP contribution in [0.4, 0.5) is 0 Å². The van der Waals surface area contributed by atoms with Crippen molar-refractivity contribution in [1.29, 1.82) is 0 Å². The second-order valence-corrected chi connectivity index (χ2v) is 3.86. The van der Waals surface area contributed by atoms with Crippen molar-refractivity contribution < 1.29 is 10.2 Å². The SMILES string of the molecule is CC(C)[C@@H](N)[C@@H](O)c1ccc(O)cc1. The van der Waals surface area contributed by atoms with Crippen LogP contribution in [0, 0.1) is 5.92 Å². The number of aromatic hydroxyl groups is 1. The van der Waals surface area contributed by atoms with Crippen LogP contribution in [0.1, 0.15) is 25.5 Å². The van der Waals surface area contributed by atoms with Crippen LogP contribution in [0.3, 0.4) is 0 Å². The van der Waals surface area contributed by atoms with Crippen molar-refractivity contribution in [2.24, 2.45) is 11.7 Å². The number of rotatable bonds is 3. The molecular weight excluding hydrogens is 178 g/mol. The van der Waals surface area contributed by atoms with Gasteiger partial charge in [0.25, 0.3) is 0 Å². The molecule has 4 N–H and O–H groups in total. The van der Waals surface area contributed by atoms with Crippen molar-refractivity contribution in [3.05, 3.63) is 29.8 Å². The molecule has 0 fully saturated rings. The Labute approximate surface area is 84.2 Å². The topological polar surface area (TPSA) is 66.5 Å². The lowest BCUT2D eigenvalue weighted by atomic mass is 9.94. The second-order valence-electron chi connectivity index (χ2n) is 3.86. The minimum absolute atomic E-state index is 0.194. The summed E-state index contributed by atoms with van der Waals surface area (Å²) in [6.07, 6.45) is -0.671. The first-order valence-electron chi connectivity index (χ1n) is 4.75. The first-order valence-corrected chi connectivity index (χ1v) is 4.75. The monoisotopic (exact) mass is 195 g/mol. The fourth-order valence-electron chi connectivity index (χ4n) is 1.26. The third-order valence-electron chi connectivity index (χ3n) is 2.37. The number of aliphatic hydroxyl groups is 1. The van der Waals surface area contributed by atoms with Crippen molar-refractivity contribution in [3.8, 4) is 5.75 Å². The van der Waals surface area contributed by atoms with Crippen molar-refractivity contribution in [2.75, 3.05) is 0 Å². The predicted octanol–water partition coefficient (Wildman–Crippen LogP) is 1.41. The molecule has 0 amide bonds. The van der Waals surface area contributed by atoms with Gasteiger partial charge >= 0.3 is 0 Å². The number of phenols is 1. The van der Waals surface area contributed by atoms with Crippen molar-refractivity contribution in [1.82, 2.24) is 0 Å². The van der Waals surface area contributed by atoms with E-state index in [0.29, 0.717) is 0 Å². The van der Waals surface area contributed by atoms with Gasteiger partial charge in [0, 0.05) is 6.04 Å². The number of hydrogen-bond acceptors (Lipinski definition) is 3. The molecule has 0 unspecified atom stereocenters. The molecule has 0 aliphatic rings.